The molecular formula is C25H29N7O3S. The molecule has 0 bridgehead atoms. The molecule has 11 heteroatoms. The number of carbonyl (C=O) groups is 1. The summed E-state index contributed by atoms with van der Waals surface area (Å²) in [5.41, 5.74) is 3.83. The lowest BCUT2D eigenvalue weighted by Crippen LogP contribution is -2.37. The highest BCUT2D eigenvalue weighted by Crippen LogP contribution is 2.40. The Hall–Kier alpha value is -3.41. The summed E-state index contributed by atoms with van der Waals surface area (Å²) >= 11 is 1.47. The molecule has 2 saturated heterocycles. The molecule has 6 heterocycles. The zero-order chi connectivity index (χ0) is 25.0. The molecule has 2 aliphatic rings. The highest BCUT2D eigenvalue weighted by molar-refractivity contribution is 7.22. The molecule has 1 spiro atoms. The van der Waals surface area contributed by atoms with Gasteiger partial charge in [0.2, 0.25) is 0 Å². The molecule has 0 saturated carbocycles. The number of carbonyl (C=O) groups excluding carboxylic acids is 1. The van der Waals surface area contributed by atoms with Gasteiger partial charge < -0.3 is 14.7 Å². The van der Waals surface area contributed by atoms with Gasteiger partial charge in [-0.15, -0.1) is 0 Å². The van der Waals surface area contributed by atoms with Crippen LogP contribution in [0.25, 0.3) is 21.3 Å². The van der Waals surface area contributed by atoms with Crippen LogP contribution in [-0.4, -0.2) is 74.2 Å². The van der Waals surface area contributed by atoms with Crippen molar-refractivity contribution in [3.8, 4) is 11.1 Å². The van der Waals surface area contributed by atoms with Gasteiger partial charge in [-0.1, -0.05) is 17.4 Å². The Morgan fingerprint density at radius 2 is 2.06 bits per heavy atom. The molecule has 2 N–H and O–H groups in total. The van der Waals surface area contributed by atoms with Gasteiger partial charge >= 0.3 is 6.03 Å². The van der Waals surface area contributed by atoms with Crippen molar-refractivity contribution in [2.75, 3.05) is 38.7 Å². The van der Waals surface area contributed by atoms with Crippen molar-refractivity contribution >= 4 is 32.7 Å². The first-order valence-corrected chi connectivity index (χ1v) is 12.7. The van der Waals surface area contributed by atoms with Crippen LogP contribution in [0.3, 0.4) is 0 Å². The zero-order valence-electron chi connectivity index (χ0n) is 20.1. The van der Waals surface area contributed by atoms with E-state index in [0.29, 0.717) is 11.7 Å². The van der Waals surface area contributed by atoms with Crippen LogP contribution >= 0.6 is 11.3 Å². The number of hydrogen-bond acceptors (Lipinski definition) is 8. The van der Waals surface area contributed by atoms with E-state index in [-0.39, 0.29) is 11.4 Å². The molecule has 4 aromatic heterocycles. The number of rotatable bonds is 4. The van der Waals surface area contributed by atoms with Crippen LogP contribution < -0.4 is 5.32 Å². The molecule has 4 aromatic rings. The van der Waals surface area contributed by atoms with E-state index in [1.165, 1.54) is 11.3 Å². The van der Waals surface area contributed by atoms with E-state index in [1.807, 2.05) is 46.4 Å². The average Bonchev–Trinajstić information content (AvgIpc) is 3.65. The van der Waals surface area contributed by atoms with Crippen molar-refractivity contribution < 1.29 is 14.6 Å². The number of urea groups is 1. The molecule has 10 nitrogen and oxygen atoms in total. The molecule has 36 heavy (non-hydrogen) atoms. The van der Waals surface area contributed by atoms with Gasteiger partial charge in [-0.05, 0) is 36.8 Å². The molecule has 0 aromatic carbocycles. The number of fused-ring (bicyclic) bond motifs is 1. The minimum Gasteiger partial charge on any atom is -0.400 e. The van der Waals surface area contributed by atoms with E-state index in [4.69, 9.17) is 9.84 Å². The summed E-state index contributed by atoms with van der Waals surface area (Å²) in [6, 6.07) is 5.76. The van der Waals surface area contributed by atoms with Crippen LogP contribution in [0.1, 0.15) is 25.0 Å². The summed E-state index contributed by atoms with van der Waals surface area (Å²) in [5, 5.41) is 15.1. The third kappa shape index (κ3) is 5.08. The van der Waals surface area contributed by atoms with Crippen LogP contribution in [0.2, 0.25) is 0 Å². The lowest BCUT2D eigenvalue weighted by molar-refractivity contribution is 0.0211. The van der Waals surface area contributed by atoms with Crippen LogP contribution in [-0.2, 0) is 11.3 Å². The number of amides is 2. The van der Waals surface area contributed by atoms with E-state index >= 15 is 0 Å². The minimum absolute atomic E-state index is 0.0832. The Morgan fingerprint density at radius 3 is 2.86 bits per heavy atom. The smallest absolute Gasteiger partial charge is 0.323 e. The normalized spacial score (nSPS) is 16.7. The lowest BCUT2D eigenvalue weighted by Gasteiger charge is -2.33. The van der Waals surface area contributed by atoms with E-state index in [9.17, 15) is 4.79 Å². The van der Waals surface area contributed by atoms with Gasteiger partial charge in [0.25, 0.3) is 0 Å². The summed E-state index contributed by atoms with van der Waals surface area (Å²) in [7, 11) is 1.00. The molecule has 0 unspecified atom stereocenters. The third-order valence-corrected chi connectivity index (χ3v) is 7.81. The fraction of sp³-hybridized carbons (Fsp3) is 0.400. The molecule has 2 fully saturated rings. The molecule has 0 aliphatic carbocycles. The summed E-state index contributed by atoms with van der Waals surface area (Å²) in [5.74, 6) is 0. The van der Waals surface area contributed by atoms with Gasteiger partial charge in [-0.2, -0.15) is 5.10 Å². The van der Waals surface area contributed by atoms with Gasteiger partial charge in [0.1, 0.15) is 5.52 Å². The van der Waals surface area contributed by atoms with Crippen LogP contribution in [0.15, 0.2) is 49.2 Å². The van der Waals surface area contributed by atoms with Gasteiger partial charge in [-0.25, -0.2) is 9.78 Å². The largest absolute Gasteiger partial charge is 0.400 e. The van der Waals surface area contributed by atoms with Crippen molar-refractivity contribution in [2.24, 2.45) is 5.41 Å². The second-order valence-corrected chi connectivity index (χ2v) is 10.0. The number of hydrogen-bond donors (Lipinski definition) is 2. The first-order valence-electron chi connectivity index (χ1n) is 11.9. The third-order valence-electron chi connectivity index (χ3n) is 6.79. The Morgan fingerprint density at radius 1 is 1.19 bits per heavy atom. The van der Waals surface area contributed by atoms with Crippen LogP contribution in [0, 0.1) is 5.41 Å². The predicted octanol–water partition coefficient (Wildman–Crippen LogP) is 3.64. The number of likely N-dealkylation sites (tertiary alicyclic amines) is 1. The Balaban J connectivity index is 0.00000130. The number of nitrogens with one attached hydrogen (secondary N) is 1. The van der Waals surface area contributed by atoms with Gasteiger partial charge in [0.05, 0.1) is 29.3 Å². The number of ether oxygens (including phenoxy) is 1. The Kier molecular flexibility index (Phi) is 7.21. The zero-order valence-corrected chi connectivity index (χ0v) is 20.9. The van der Waals surface area contributed by atoms with Crippen molar-refractivity contribution in [1.82, 2.24) is 29.6 Å². The average molecular weight is 508 g/mol. The fourth-order valence-corrected chi connectivity index (χ4v) is 5.81. The van der Waals surface area contributed by atoms with E-state index in [0.717, 1.165) is 79.7 Å². The SMILES string of the molecule is CO.O=C(Nc1nc2cncc(-c3cnn(Cc4ccccn4)c3)c2s1)N1CCC2(CCOCC2)C1. The minimum atomic E-state index is -0.0832. The van der Waals surface area contributed by atoms with Crippen molar-refractivity contribution in [2.45, 2.75) is 25.8 Å². The second kappa shape index (κ2) is 10.7. The van der Waals surface area contributed by atoms with E-state index < -0.39 is 0 Å². The fourth-order valence-electron chi connectivity index (χ4n) is 4.85. The maximum Gasteiger partial charge on any atom is 0.323 e. The monoisotopic (exact) mass is 507 g/mol. The van der Waals surface area contributed by atoms with Crippen LogP contribution in [0.5, 0.6) is 0 Å². The Bertz CT molecular complexity index is 1320. The number of anilines is 1. The molecular weight excluding hydrogens is 478 g/mol. The number of pyridine rings is 2. The Labute approximate surface area is 213 Å². The summed E-state index contributed by atoms with van der Waals surface area (Å²) < 4.78 is 8.36. The summed E-state index contributed by atoms with van der Waals surface area (Å²) in [6.07, 6.45) is 12.3. The van der Waals surface area contributed by atoms with Gasteiger partial charge in [0.15, 0.2) is 5.13 Å². The second-order valence-electron chi connectivity index (χ2n) is 9.02. The van der Waals surface area contributed by atoms with Crippen molar-refractivity contribution in [3.63, 3.8) is 0 Å². The predicted molar refractivity (Wildman–Crippen MR) is 138 cm³/mol. The van der Waals surface area contributed by atoms with Crippen molar-refractivity contribution in [3.05, 3.63) is 54.9 Å². The molecule has 6 rings (SSSR count). The number of aromatic nitrogens is 5. The molecule has 2 aliphatic heterocycles. The molecule has 0 radical (unpaired) electrons. The number of aliphatic hydroxyl groups is 1. The highest BCUT2D eigenvalue weighted by atomic mass is 32.1. The number of nitrogens with zero attached hydrogens (tertiary/aromatic N) is 6. The summed E-state index contributed by atoms with van der Waals surface area (Å²) in [4.78, 5) is 28.2. The maximum absolute atomic E-state index is 13.0. The lowest BCUT2D eigenvalue weighted by atomic mass is 9.80. The molecule has 0 atom stereocenters. The standard InChI is InChI=1S/C24H25N7O2S.CH4O/c32-23(30-8-4-24(16-30)5-9-33-10-6-24)29-22-28-20-13-25-12-19(21(20)34-22)17-11-27-31(14-17)15-18-3-1-2-7-26-18;1-2/h1-3,7,11-14H,4-6,8-10,15-16H2,(H,28,29,32);2H,1H3. The van der Waals surface area contributed by atoms with Gasteiger partial charge in [0, 0.05) is 63.1 Å². The first kappa shape index (κ1) is 24.3. The van der Waals surface area contributed by atoms with E-state index in [1.54, 1.807) is 12.4 Å². The topological polar surface area (TPSA) is 118 Å². The summed E-state index contributed by atoms with van der Waals surface area (Å²) in [6.45, 7) is 3.75. The number of thiazole rings is 1. The maximum atomic E-state index is 13.0. The van der Waals surface area contributed by atoms with E-state index in [2.05, 4.69) is 25.4 Å². The first-order chi connectivity index (χ1) is 17.7. The molecule has 188 valence electrons. The number of aliphatic hydroxyl groups excluding tert-OH is 1. The molecule has 2 amide bonds. The quantitative estimate of drug-likeness (QED) is 0.433. The van der Waals surface area contributed by atoms with Crippen LogP contribution in [0.4, 0.5) is 9.93 Å². The highest BCUT2D eigenvalue weighted by Gasteiger charge is 2.41. The van der Waals surface area contributed by atoms with Crippen molar-refractivity contribution in [1.29, 1.82) is 0 Å². The van der Waals surface area contributed by atoms with Gasteiger partial charge in [-0.3, -0.25) is 20.0 Å².